The summed E-state index contributed by atoms with van der Waals surface area (Å²) in [6.07, 6.45) is 0. The van der Waals surface area contributed by atoms with Crippen molar-refractivity contribution < 1.29 is 13.7 Å². The first-order valence-corrected chi connectivity index (χ1v) is 8.34. The molecule has 0 bridgehead atoms. The molecule has 2 rings (SSSR count). The van der Waals surface area contributed by atoms with Crippen LogP contribution in [0.1, 0.15) is 32.4 Å². The first kappa shape index (κ1) is 15.8. The molecule has 1 aliphatic heterocycles. The maximum Gasteiger partial charge on any atom is 0.315 e. The van der Waals surface area contributed by atoms with Crippen LogP contribution in [0, 0.1) is 0 Å². The van der Waals surface area contributed by atoms with Crippen LogP contribution in [0.5, 0.6) is 5.75 Å². The molecule has 0 radical (unpaired) electrons. The minimum Gasteiger partial charge on any atom is -0.491 e. The van der Waals surface area contributed by atoms with Gasteiger partial charge < -0.3 is 15.4 Å². The summed E-state index contributed by atoms with van der Waals surface area (Å²) in [6, 6.07) is 7.28. The van der Waals surface area contributed by atoms with E-state index in [-0.39, 0.29) is 16.8 Å². The van der Waals surface area contributed by atoms with E-state index in [0.29, 0.717) is 18.9 Å². The Kier molecular flexibility index (Phi) is 4.88. The van der Waals surface area contributed by atoms with E-state index in [1.165, 1.54) is 0 Å². The zero-order valence-electron chi connectivity index (χ0n) is 12.6. The Balaban J connectivity index is 1.78. The predicted octanol–water partition coefficient (Wildman–Crippen LogP) is 1.97. The molecule has 5 nitrogen and oxygen atoms in total. The molecule has 0 aromatic heterocycles. The van der Waals surface area contributed by atoms with Gasteiger partial charge in [0.05, 0.1) is 6.04 Å². The van der Waals surface area contributed by atoms with Crippen molar-refractivity contribution in [3.8, 4) is 5.75 Å². The Hall–Kier alpha value is -1.56. The highest BCUT2D eigenvalue weighted by molar-refractivity contribution is 7.86. The predicted molar refractivity (Wildman–Crippen MR) is 84.0 cm³/mol. The summed E-state index contributed by atoms with van der Waals surface area (Å²) < 4.78 is 17.1. The number of benzene rings is 1. The average Bonchev–Trinajstić information content (AvgIpc) is 2.81. The van der Waals surface area contributed by atoms with Crippen LogP contribution >= 0.6 is 0 Å². The number of amides is 2. The maximum absolute atomic E-state index is 11.9. The van der Waals surface area contributed by atoms with Gasteiger partial charge in [-0.15, -0.1) is 0 Å². The van der Waals surface area contributed by atoms with Crippen molar-refractivity contribution in [2.24, 2.45) is 0 Å². The van der Waals surface area contributed by atoms with Gasteiger partial charge in [0.25, 0.3) is 0 Å². The molecule has 0 saturated heterocycles. The lowest BCUT2D eigenvalue weighted by Crippen LogP contribution is -2.41. The monoisotopic (exact) mass is 310 g/mol. The summed E-state index contributed by atoms with van der Waals surface area (Å²) in [6.45, 7) is 6.62. The quantitative estimate of drug-likeness (QED) is 0.893. The molecular weight excluding hydrogens is 288 g/mol. The lowest BCUT2D eigenvalue weighted by Gasteiger charge is -2.18. The minimum atomic E-state index is -0.961. The van der Waals surface area contributed by atoms with Gasteiger partial charge in [-0.1, -0.05) is 18.2 Å². The van der Waals surface area contributed by atoms with Gasteiger partial charge in [0, 0.05) is 33.4 Å². The molecular formula is C15H22N2O3S. The van der Waals surface area contributed by atoms with Gasteiger partial charge in [0.1, 0.15) is 12.4 Å². The summed E-state index contributed by atoms with van der Waals surface area (Å²) in [5.74, 6) is 1.27. The average molecular weight is 310 g/mol. The van der Waals surface area contributed by atoms with E-state index in [9.17, 15) is 9.00 Å². The van der Waals surface area contributed by atoms with Gasteiger partial charge in [-0.2, -0.15) is 0 Å². The third-order valence-corrected chi connectivity index (χ3v) is 5.20. The first-order valence-electron chi connectivity index (χ1n) is 7.02. The van der Waals surface area contributed by atoms with E-state index in [4.69, 9.17) is 4.74 Å². The molecule has 0 spiro atoms. The molecule has 21 heavy (non-hydrogen) atoms. The molecule has 0 unspecified atom stereocenters. The van der Waals surface area contributed by atoms with Crippen molar-refractivity contribution in [2.75, 3.05) is 18.9 Å². The smallest absolute Gasteiger partial charge is 0.315 e. The van der Waals surface area contributed by atoms with Crippen molar-refractivity contribution >= 4 is 16.8 Å². The van der Waals surface area contributed by atoms with Gasteiger partial charge in [0.2, 0.25) is 0 Å². The van der Waals surface area contributed by atoms with Gasteiger partial charge in [0.15, 0.2) is 0 Å². The summed E-state index contributed by atoms with van der Waals surface area (Å²) in [7, 11) is -0.961. The number of carbonyl (C=O) groups is 1. The van der Waals surface area contributed by atoms with Gasteiger partial charge >= 0.3 is 6.03 Å². The van der Waals surface area contributed by atoms with Crippen LogP contribution in [0.4, 0.5) is 4.79 Å². The number of hydrogen-bond donors (Lipinski definition) is 2. The Labute approximate surface area is 127 Å². The van der Waals surface area contributed by atoms with Crippen molar-refractivity contribution in [3.63, 3.8) is 0 Å². The third-order valence-electron chi connectivity index (χ3n) is 3.26. The number of carbonyl (C=O) groups excluding carboxylic acids is 1. The maximum atomic E-state index is 11.9. The van der Waals surface area contributed by atoms with Gasteiger partial charge in [-0.05, 0) is 26.8 Å². The number of urea groups is 1. The van der Waals surface area contributed by atoms with Crippen LogP contribution in [-0.2, 0) is 10.8 Å². The molecule has 1 heterocycles. The fourth-order valence-electron chi connectivity index (χ4n) is 2.05. The second-order valence-corrected chi connectivity index (χ2v) is 8.29. The zero-order chi connectivity index (χ0) is 15.5. The van der Waals surface area contributed by atoms with Crippen LogP contribution in [0.2, 0.25) is 0 Å². The number of nitrogens with one attached hydrogen (secondary N) is 2. The standard InChI is InChI=1S/C15H22N2O3S/c1-15(2,3)21(19)9-8-16-14(18)17-12-10-20-13-7-5-4-6-11(12)13/h4-7,12H,8-10H2,1-3H3,(H2,16,17,18)/t12-,21+/m0/s1. The Bertz CT molecular complexity index is 540. The van der Waals surface area contributed by atoms with Crippen LogP contribution < -0.4 is 15.4 Å². The largest absolute Gasteiger partial charge is 0.491 e. The number of ether oxygens (including phenoxy) is 1. The summed E-state index contributed by atoms with van der Waals surface area (Å²) in [5, 5.41) is 5.62. The van der Waals surface area contributed by atoms with Crippen molar-refractivity contribution in [3.05, 3.63) is 29.8 Å². The van der Waals surface area contributed by atoms with Crippen LogP contribution in [-0.4, -0.2) is 33.9 Å². The molecule has 2 N–H and O–H groups in total. The molecule has 0 saturated carbocycles. The second kappa shape index (κ2) is 6.47. The fraction of sp³-hybridized carbons (Fsp3) is 0.533. The van der Waals surface area contributed by atoms with E-state index in [2.05, 4.69) is 10.6 Å². The highest BCUT2D eigenvalue weighted by Gasteiger charge is 2.25. The van der Waals surface area contributed by atoms with Gasteiger partial charge in [-0.3, -0.25) is 4.21 Å². The lowest BCUT2D eigenvalue weighted by atomic mass is 10.1. The Morgan fingerprint density at radius 2 is 2.10 bits per heavy atom. The highest BCUT2D eigenvalue weighted by atomic mass is 32.2. The topological polar surface area (TPSA) is 67.4 Å². The number of hydrogen-bond acceptors (Lipinski definition) is 3. The Morgan fingerprint density at radius 3 is 2.81 bits per heavy atom. The summed E-state index contributed by atoms with van der Waals surface area (Å²) in [4.78, 5) is 11.9. The van der Waals surface area contributed by atoms with Crippen molar-refractivity contribution in [1.29, 1.82) is 0 Å². The molecule has 1 aliphatic rings. The molecule has 1 aromatic rings. The van der Waals surface area contributed by atoms with E-state index in [1.54, 1.807) is 0 Å². The summed E-state index contributed by atoms with van der Waals surface area (Å²) in [5.41, 5.74) is 0.992. The van der Waals surface area contributed by atoms with E-state index in [0.717, 1.165) is 11.3 Å². The number of para-hydroxylation sites is 1. The molecule has 2 atom stereocenters. The van der Waals surface area contributed by atoms with Gasteiger partial charge in [-0.25, -0.2) is 4.79 Å². The van der Waals surface area contributed by atoms with Crippen LogP contribution in [0.25, 0.3) is 0 Å². The van der Waals surface area contributed by atoms with E-state index < -0.39 is 10.8 Å². The molecule has 2 amide bonds. The normalized spacial score (nSPS) is 18.5. The highest BCUT2D eigenvalue weighted by Crippen LogP contribution is 2.31. The van der Waals surface area contributed by atoms with Crippen molar-refractivity contribution in [2.45, 2.75) is 31.6 Å². The number of rotatable bonds is 4. The van der Waals surface area contributed by atoms with E-state index >= 15 is 0 Å². The van der Waals surface area contributed by atoms with E-state index in [1.807, 2.05) is 45.0 Å². The van der Waals surface area contributed by atoms with Crippen molar-refractivity contribution in [1.82, 2.24) is 10.6 Å². The SMILES string of the molecule is CC(C)(C)[S@](=O)CCNC(=O)N[C@H]1COc2ccccc21. The molecule has 1 aromatic carbocycles. The molecule has 6 heteroatoms. The lowest BCUT2D eigenvalue weighted by molar-refractivity contribution is 0.232. The Morgan fingerprint density at radius 1 is 1.38 bits per heavy atom. The second-order valence-electron chi connectivity index (χ2n) is 5.96. The third kappa shape index (κ3) is 4.20. The zero-order valence-corrected chi connectivity index (χ0v) is 13.5. The summed E-state index contributed by atoms with van der Waals surface area (Å²) >= 11 is 0. The number of fused-ring (bicyclic) bond motifs is 1. The fourth-order valence-corrected chi connectivity index (χ4v) is 2.95. The molecule has 0 fully saturated rings. The minimum absolute atomic E-state index is 0.130. The first-order chi connectivity index (χ1) is 9.88. The molecule has 116 valence electrons. The molecule has 0 aliphatic carbocycles. The van der Waals surface area contributed by atoms with Crippen LogP contribution in [0.15, 0.2) is 24.3 Å². The van der Waals surface area contributed by atoms with Crippen LogP contribution in [0.3, 0.4) is 0 Å².